The molecule has 10 heteroatoms. The van der Waals surface area contributed by atoms with Crippen LogP contribution in [0.15, 0.2) is 51.4 Å². The van der Waals surface area contributed by atoms with Crippen LogP contribution in [-0.2, 0) is 25.5 Å². The number of hydrogen-bond donors (Lipinski definition) is 2. The van der Waals surface area contributed by atoms with Gasteiger partial charge >= 0.3 is 5.97 Å². The van der Waals surface area contributed by atoms with Crippen LogP contribution < -0.4 is 10.7 Å². The highest BCUT2D eigenvalue weighted by molar-refractivity contribution is 9.10. The summed E-state index contributed by atoms with van der Waals surface area (Å²) in [4.78, 5) is 49.1. The van der Waals surface area contributed by atoms with Crippen molar-refractivity contribution in [2.75, 3.05) is 18.5 Å². The van der Waals surface area contributed by atoms with Crippen LogP contribution in [0.2, 0.25) is 0 Å². The molecule has 1 heterocycles. The molecule has 0 saturated carbocycles. The molecule has 0 bridgehead atoms. The Bertz CT molecular complexity index is 1040. The van der Waals surface area contributed by atoms with Crippen LogP contribution in [0.1, 0.15) is 29.3 Å². The topological polar surface area (TPSA) is 105 Å². The van der Waals surface area contributed by atoms with Gasteiger partial charge in [0.15, 0.2) is 6.61 Å². The van der Waals surface area contributed by atoms with E-state index in [0.717, 1.165) is 25.9 Å². The number of ether oxygens (including phenoxy) is 1. The minimum Gasteiger partial charge on any atom is -0.455 e. The van der Waals surface area contributed by atoms with Gasteiger partial charge in [-0.05, 0) is 54.4 Å². The summed E-state index contributed by atoms with van der Waals surface area (Å²) in [6, 6.07) is 12.1. The molecule has 2 N–H and O–H groups in total. The van der Waals surface area contributed by atoms with E-state index in [1.165, 1.54) is 0 Å². The number of anilines is 1. The van der Waals surface area contributed by atoms with Gasteiger partial charge in [0.1, 0.15) is 0 Å². The van der Waals surface area contributed by atoms with Crippen LogP contribution >= 0.6 is 31.9 Å². The van der Waals surface area contributed by atoms with Crippen molar-refractivity contribution in [3.05, 3.63) is 62.5 Å². The minimum absolute atomic E-state index is 0.0196. The summed E-state index contributed by atoms with van der Waals surface area (Å²) in [6.45, 7) is 1.48. The molecular formula is C22H21Br2N3O5. The van der Waals surface area contributed by atoms with Gasteiger partial charge in [0.25, 0.3) is 11.8 Å². The first-order valence-electron chi connectivity index (χ1n) is 9.88. The summed E-state index contributed by atoms with van der Waals surface area (Å²) < 4.78 is 6.83. The van der Waals surface area contributed by atoms with Crippen LogP contribution in [0.3, 0.4) is 0 Å². The van der Waals surface area contributed by atoms with E-state index in [4.69, 9.17) is 4.74 Å². The van der Waals surface area contributed by atoms with Crippen LogP contribution in [0, 0.1) is 5.92 Å². The molecule has 1 saturated heterocycles. The summed E-state index contributed by atoms with van der Waals surface area (Å²) in [6.07, 6.45) is 0.620. The van der Waals surface area contributed by atoms with Crippen molar-refractivity contribution >= 4 is 61.2 Å². The summed E-state index contributed by atoms with van der Waals surface area (Å²) >= 11 is 6.68. The molecule has 0 radical (unpaired) electrons. The molecule has 168 valence electrons. The van der Waals surface area contributed by atoms with E-state index in [2.05, 4.69) is 42.6 Å². The predicted octanol–water partition coefficient (Wildman–Crippen LogP) is 3.45. The molecule has 0 aromatic heterocycles. The monoisotopic (exact) mass is 565 g/mol. The van der Waals surface area contributed by atoms with Crippen LogP contribution in [-0.4, -0.2) is 41.9 Å². The molecule has 2 aromatic carbocycles. The van der Waals surface area contributed by atoms with Gasteiger partial charge in [-0.3, -0.25) is 29.6 Å². The van der Waals surface area contributed by atoms with E-state index >= 15 is 0 Å². The Morgan fingerprint density at radius 2 is 1.78 bits per heavy atom. The second kappa shape index (κ2) is 10.7. The van der Waals surface area contributed by atoms with Gasteiger partial charge in [-0.1, -0.05) is 38.8 Å². The van der Waals surface area contributed by atoms with Crippen LogP contribution in [0.5, 0.6) is 0 Å². The molecule has 0 spiro atoms. The highest BCUT2D eigenvalue weighted by Crippen LogP contribution is 2.22. The smallest absolute Gasteiger partial charge is 0.311 e. The van der Waals surface area contributed by atoms with Gasteiger partial charge in [0.05, 0.1) is 12.5 Å². The number of carbonyl (C=O) groups is 4. The van der Waals surface area contributed by atoms with Crippen molar-refractivity contribution in [1.82, 2.24) is 10.4 Å². The Kier molecular flexibility index (Phi) is 8.03. The van der Waals surface area contributed by atoms with Gasteiger partial charge in [-0.2, -0.15) is 0 Å². The molecule has 0 aliphatic carbocycles. The number of benzene rings is 2. The largest absolute Gasteiger partial charge is 0.455 e. The molecular weight excluding hydrogens is 546 g/mol. The third-order valence-electron chi connectivity index (χ3n) is 4.87. The quantitative estimate of drug-likeness (QED) is 0.499. The third-order valence-corrected chi connectivity index (χ3v) is 5.89. The fourth-order valence-electron chi connectivity index (χ4n) is 3.18. The van der Waals surface area contributed by atoms with Crippen molar-refractivity contribution in [2.45, 2.75) is 19.8 Å². The van der Waals surface area contributed by atoms with Crippen molar-refractivity contribution in [3.63, 3.8) is 0 Å². The first kappa shape index (κ1) is 23.9. The number of amides is 3. The number of hydrazine groups is 1. The molecule has 1 aliphatic rings. The van der Waals surface area contributed by atoms with Crippen LogP contribution in [0.25, 0.3) is 0 Å². The van der Waals surface area contributed by atoms with E-state index in [0.29, 0.717) is 11.3 Å². The fraction of sp³-hybridized carbons (Fsp3) is 0.273. The zero-order valence-electron chi connectivity index (χ0n) is 17.2. The average Bonchev–Trinajstić information content (AvgIpc) is 3.13. The highest BCUT2D eigenvalue weighted by atomic mass is 79.9. The number of nitrogens with one attached hydrogen (secondary N) is 2. The van der Waals surface area contributed by atoms with Crippen molar-refractivity contribution in [1.29, 1.82) is 0 Å². The fourth-order valence-corrected chi connectivity index (χ4v) is 3.85. The predicted molar refractivity (Wildman–Crippen MR) is 125 cm³/mol. The van der Waals surface area contributed by atoms with E-state index in [9.17, 15) is 19.2 Å². The SMILES string of the molecule is CCc1cc(Br)ccc1NC(=O)COC(=O)[C@H]1CC(=O)N(NC(=O)c2ccc(Br)cc2)C1. The number of carbonyl (C=O) groups excluding carboxylic acids is 4. The first-order chi connectivity index (χ1) is 15.3. The molecule has 1 atom stereocenters. The number of aryl methyl sites for hydroxylation is 1. The average molecular weight is 567 g/mol. The zero-order valence-corrected chi connectivity index (χ0v) is 20.4. The summed E-state index contributed by atoms with van der Waals surface area (Å²) in [7, 11) is 0. The standard InChI is InChI=1S/C22H21Br2N3O5/c1-2-13-9-17(24)7-8-18(13)25-19(28)12-32-22(31)15-10-20(29)27(11-15)26-21(30)14-3-5-16(23)6-4-14/h3-9,15H,2,10-12H2,1H3,(H,25,28)(H,26,30)/t15-/m0/s1. The number of halogens is 2. The van der Waals surface area contributed by atoms with Crippen molar-refractivity contribution < 1.29 is 23.9 Å². The summed E-state index contributed by atoms with van der Waals surface area (Å²) in [5.74, 6) is -2.76. The zero-order chi connectivity index (χ0) is 23.3. The lowest BCUT2D eigenvalue weighted by Gasteiger charge is -2.17. The molecule has 32 heavy (non-hydrogen) atoms. The van der Waals surface area contributed by atoms with Crippen LogP contribution in [0.4, 0.5) is 5.69 Å². The Hall–Kier alpha value is -2.72. The lowest BCUT2D eigenvalue weighted by molar-refractivity contribution is -0.151. The molecule has 2 aromatic rings. The summed E-state index contributed by atoms with van der Waals surface area (Å²) in [5, 5.41) is 3.83. The molecule has 3 rings (SSSR count). The van der Waals surface area contributed by atoms with E-state index in [1.54, 1.807) is 30.3 Å². The van der Waals surface area contributed by atoms with Gasteiger partial charge in [0, 0.05) is 26.6 Å². The molecule has 0 unspecified atom stereocenters. The van der Waals surface area contributed by atoms with E-state index in [-0.39, 0.29) is 13.0 Å². The number of hydrogen-bond acceptors (Lipinski definition) is 5. The maximum absolute atomic E-state index is 12.3. The third kappa shape index (κ3) is 6.17. The first-order valence-corrected chi connectivity index (χ1v) is 11.5. The highest BCUT2D eigenvalue weighted by Gasteiger charge is 2.36. The normalized spacial score (nSPS) is 15.4. The number of nitrogens with zero attached hydrogens (tertiary/aromatic N) is 1. The Balaban J connectivity index is 1.49. The number of esters is 1. The maximum Gasteiger partial charge on any atom is 0.311 e. The molecule has 1 fully saturated rings. The lowest BCUT2D eigenvalue weighted by Crippen LogP contribution is -2.43. The second-order valence-electron chi connectivity index (χ2n) is 7.16. The minimum atomic E-state index is -0.764. The van der Waals surface area contributed by atoms with Gasteiger partial charge in [0.2, 0.25) is 5.91 Å². The lowest BCUT2D eigenvalue weighted by atomic mass is 10.1. The van der Waals surface area contributed by atoms with Crippen molar-refractivity contribution in [2.24, 2.45) is 5.92 Å². The molecule has 1 aliphatic heterocycles. The van der Waals surface area contributed by atoms with Gasteiger partial charge in [-0.25, -0.2) is 0 Å². The van der Waals surface area contributed by atoms with Gasteiger partial charge < -0.3 is 10.1 Å². The maximum atomic E-state index is 12.3. The summed E-state index contributed by atoms with van der Waals surface area (Å²) in [5.41, 5.74) is 4.47. The molecule has 3 amide bonds. The Morgan fingerprint density at radius 3 is 2.47 bits per heavy atom. The van der Waals surface area contributed by atoms with E-state index in [1.807, 2.05) is 19.1 Å². The second-order valence-corrected chi connectivity index (χ2v) is 9.00. The van der Waals surface area contributed by atoms with E-state index < -0.39 is 36.2 Å². The Labute approximate surface area is 201 Å². The number of rotatable bonds is 7. The van der Waals surface area contributed by atoms with Crippen molar-refractivity contribution in [3.8, 4) is 0 Å². The Morgan fingerprint density at radius 1 is 1.09 bits per heavy atom. The molecule has 8 nitrogen and oxygen atoms in total. The van der Waals surface area contributed by atoms with Gasteiger partial charge in [-0.15, -0.1) is 0 Å².